The first kappa shape index (κ1) is 16.3. The van der Waals surface area contributed by atoms with Crippen molar-refractivity contribution in [1.82, 2.24) is 5.43 Å². The molecular weight excluding hydrogens is 311 g/mol. The zero-order chi connectivity index (χ0) is 15.3. The van der Waals surface area contributed by atoms with Crippen LogP contribution in [0.15, 0.2) is 23.3 Å². The molecule has 0 spiro atoms. The molecule has 1 aliphatic rings. The maximum Gasteiger partial charge on any atom is 0.240 e. The molecule has 1 amide bonds. The van der Waals surface area contributed by atoms with Gasteiger partial charge in [0.25, 0.3) is 0 Å². The van der Waals surface area contributed by atoms with E-state index in [9.17, 15) is 9.90 Å². The van der Waals surface area contributed by atoms with Crippen LogP contribution in [0, 0.1) is 0 Å². The molecule has 0 heterocycles. The highest BCUT2D eigenvalue weighted by Gasteiger charge is 2.31. The number of halogens is 2. The molecule has 1 aliphatic carbocycles. The molecule has 0 bridgehead atoms. The van der Waals surface area contributed by atoms with Crippen molar-refractivity contribution in [2.24, 2.45) is 5.10 Å². The zero-order valence-electron chi connectivity index (χ0n) is 11.6. The summed E-state index contributed by atoms with van der Waals surface area (Å²) in [5.74, 6) is -0.211. The van der Waals surface area contributed by atoms with Crippen LogP contribution in [0.1, 0.15) is 44.1 Å². The number of hydrazone groups is 1. The molecule has 0 aromatic heterocycles. The second-order valence-electron chi connectivity index (χ2n) is 5.39. The highest BCUT2D eigenvalue weighted by atomic mass is 35.5. The minimum absolute atomic E-state index is 0.211. The van der Waals surface area contributed by atoms with E-state index in [0.717, 1.165) is 25.7 Å². The van der Waals surface area contributed by atoms with Crippen molar-refractivity contribution in [3.8, 4) is 0 Å². The van der Waals surface area contributed by atoms with Crippen molar-refractivity contribution >= 4 is 35.3 Å². The van der Waals surface area contributed by atoms with Gasteiger partial charge in [-0.1, -0.05) is 42.1 Å². The molecule has 2 rings (SSSR count). The van der Waals surface area contributed by atoms with E-state index in [1.54, 1.807) is 18.2 Å². The quantitative estimate of drug-likeness (QED) is 0.641. The minimum Gasteiger partial charge on any atom is -0.390 e. The lowest BCUT2D eigenvalue weighted by molar-refractivity contribution is -0.122. The second kappa shape index (κ2) is 7.25. The van der Waals surface area contributed by atoms with E-state index in [-0.39, 0.29) is 12.3 Å². The molecule has 0 atom stereocenters. The molecule has 0 unspecified atom stereocenters. The third-order valence-corrected chi connectivity index (χ3v) is 4.27. The number of hydrogen-bond acceptors (Lipinski definition) is 3. The average Bonchev–Trinajstić information content (AvgIpc) is 2.86. The number of benzene rings is 1. The topological polar surface area (TPSA) is 61.7 Å². The summed E-state index contributed by atoms with van der Waals surface area (Å²) in [5.41, 5.74) is 2.45. The first-order valence-electron chi connectivity index (χ1n) is 6.98. The van der Waals surface area contributed by atoms with Gasteiger partial charge in [0, 0.05) is 17.0 Å². The standard InChI is InChI=1S/C15H18Cl2N2O2/c16-12-4-3-11(13(17)9-12)10-18-19-14(20)5-8-15(21)6-1-2-7-15/h3-4,9-10,21H,1-2,5-8H2,(H,19,20). The average molecular weight is 329 g/mol. The highest BCUT2D eigenvalue weighted by Crippen LogP contribution is 2.33. The number of carbonyl (C=O) groups excluding carboxylic acids is 1. The number of rotatable bonds is 5. The Morgan fingerprint density at radius 1 is 1.38 bits per heavy atom. The first-order valence-corrected chi connectivity index (χ1v) is 7.73. The largest absolute Gasteiger partial charge is 0.390 e. The third-order valence-electron chi connectivity index (χ3n) is 3.71. The van der Waals surface area contributed by atoms with Crippen LogP contribution in [0.2, 0.25) is 10.0 Å². The van der Waals surface area contributed by atoms with Crippen LogP contribution in [0.3, 0.4) is 0 Å². The molecule has 114 valence electrons. The van der Waals surface area contributed by atoms with E-state index in [1.807, 2.05) is 0 Å². The van der Waals surface area contributed by atoms with Crippen LogP contribution < -0.4 is 5.43 Å². The van der Waals surface area contributed by atoms with E-state index < -0.39 is 5.60 Å². The van der Waals surface area contributed by atoms with Gasteiger partial charge >= 0.3 is 0 Å². The van der Waals surface area contributed by atoms with Crippen molar-refractivity contribution in [2.45, 2.75) is 44.1 Å². The summed E-state index contributed by atoms with van der Waals surface area (Å²) in [4.78, 5) is 11.7. The molecule has 1 aromatic rings. The summed E-state index contributed by atoms with van der Waals surface area (Å²) in [5, 5.41) is 15.0. The fourth-order valence-electron chi connectivity index (χ4n) is 2.47. The van der Waals surface area contributed by atoms with Crippen molar-refractivity contribution in [3.63, 3.8) is 0 Å². The molecule has 2 N–H and O–H groups in total. The molecule has 1 fully saturated rings. The smallest absolute Gasteiger partial charge is 0.240 e. The van der Waals surface area contributed by atoms with Crippen molar-refractivity contribution in [1.29, 1.82) is 0 Å². The second-order valence-corrected chi connectivity index (χ2v) is 6.23. The van der Waals surface area contributed by atoms with E-state index in [4.69, 9.17) is 23.2 Å². The summed E-state index contributed by atoms with van der Waals surface area (Å²) in [6.45, 7) is 0. The third kappa shape index (κ3) is 4.99. The van der Waals surface area contributed by atoms with E-state index in [0.29, 0.717) is 22.0 Å². The summed E-state index contributed by atoms with van der Waals surface area (Å²) in [7, 11) is 0. The Morgan fingerprint density at radius 3 is 2.76 bits per heavy atom. The summed E-state index contributed by atoms with van der Waals surface area (Å²) in [6, 6.07) is 5.04. The Morgan fingerprint density at radius 2 is 2.10 bits per heavy atom. The lowest BCUT2D eigenvalue weighted by Gasteiger charge is -2.20. The number of nitrogens with one attached hydrogen (secondary N) is 1. The number of carbonyl (C=O) groups is 1. The maximum atomic E-state index is 11.7. The van der Waals surface area contributed by atoms with Crippen LogP contribution in [-0.2, 0) is 4.79 Å². The van der Waals surface area contributed by atoms with Gasteiger partial charge in [0.15, 0.2) is 0 Å². The fraction of sp³-hybridized carbons (Fsp3) is 0.467. The van der Waals surface area contributed by atoms with Gasteiger partial charge in [-0.15, -0.1) is 0 Å². The van der Waals surface area contributed by atoms with Gasteiger partial charge in [0.1, 0.15) is 0 Å². The van der Waals surface area contributed by atoms with Crippen molar-refractivity contribution < 1.29 is 9.90 Å². The SMILES string of the molecule is O=C(CCC1(O)CCCC1)NN=Cc1ccc(Cl)cc1Cl. The number of aliphatic hydroxyl groups is 1. The first-order chi connectivity index (χ1) is 9.98. The lowest BCUT2D eigenvalue weighted by atomic mass is 9.96. The number of nitrogens with zero attached hydrogens (tertiary/aromatic N) is 1. The Kier molecular flexibility index (Phi) is 5.62. The molecule has 4 nitrogen and oxygen atoms in total. The van der Waals surface area contributed by atoms with Gasteiger partial charge < -0.3 is 5.11 Å². The Balaban J connectivity index is 1.79. The molecular formula is C15H18Cl2N2O2. The van der Waals surface area contributed by atoms with E-state index in [1.165, 1.54) is 6.21 Å². The summed E-state index contributed by atoms with van der Waals surface area (Å²) < 4.78 is 0. The number of amides is 1. The summed E-state index contributed by atoms with van der Waals surface area (Å²) >= 11 is 11.8. The van der Waals surface area contributed by atoms with Crippen molar-refractivity contribution in [2.75, 3.05) is 0 Å². The predicted molar refractivity (Wildman–Crippen MR) is 84.9 cm³/mol. The molecule has 1 aromatic carbocycles. The normalized spacial score (nSPS) is 17.3. The van der Waals surface area contributed by atoms with Gasteiger partial charge in [0.2, 0.25) is 5.91 Å². The molecule has 0 radical (unpaired) electrons. The molecule has 1 saturated carbocycles. The Bertz CT molecular complexity index is 540. The van der Waals surface area contributed by atoms with Crippen LogP contribution in [0.25, 0.3) is 0 Å². The molecule has 21 heavy (non-hydrogen) atoms. The van der Waals surface area contributed by atoms with Gasteiger partial charge in [-0.25, -0.2) is 5.43 Å². The maximum absolute atomic E-state index is 11.7. The molecule has 0 saturated heterocycles. The highest BCUT2D eigenvalue weighted by molar-refractivity contribution is 6.36. The van der Waals surface area contributed by atoms with E-state index in [2.05, 4.69) is 10.5 Å². The summed E-state index contributed by atoms with van der Waals surface area (Å²) in [6.07, 6.45) is 5.85. The Labute approximate surface area is 134 Å². The lowest BCUT2D eigenvalue weighted by Crippen LogP contribution is -2.27. The van der Waals surface area contributed by atoms with E-state index >= 15 is 0 Å². The predicted octanol–water partition coefficient (Wildman–Crippen LogP) is 3.53. The van der Waals surface area contributed by atoms with Crippen LogP contribution in [-0.4, -0.2) is 22.8 Å². The zero-order valence-corrected chi connectivity index (χ0v) is 13.1. The molecule has 6 heteroatoms. The monoisotopic (exact) mass is 328 g/mol. The van der Waals surface area contributed by atoms with Crippen LogP contribution >= 0.6 is 23.2 Å². The molecule has 0 aliphatic heterocycles. The van der Waals surface area contributed by atoms with Gasteiger partial charge in [-0.2, -0.15) is 5.10 Å². The van der Waals surface area contributed by atoms with Crippen molar-refractivity contribution in [3.05, 3.63) is 33.8 Å². The van der Waals surface area contributed by atoms with Gasteiger partial charge in [-0.05, 0) is 31.4 Å². The van der Waals surface area contributed by atoms with Gasteiger partial charge in [0.05, 0.1) is 16.8 Å². The minimum atomic E-state index is -0.666. The van der Waals surface area contributed by atoms with Gasteiger partial charge in [-0.3, -0.25) is 4.79 Å². The Hall–Kier alpha value is -1.10. The van der Waals surface area contributed by atoms with Crippen LogP contribution in [0.4, 0.5) is 0 Å². The number of hydrogen-bond donors (Lipinski definition) is 2. The fourth-order valence-corrected chi connectivity index (χ4v) is 2.92. The van der Waals surface area contributed by atoms with Crippen LogP contribution in [0.5, 0.6) is 0 Å².